The topological polar surface area (TPSA) is 138 Å². The minimum Gasteiger partial charge on any atom is -0.468 e. The maximum Gasteiger partial charge on any atom is 0.334 e. The minimum atomic E-state index is -1.73. The number of rotatable bonds is 7. The van der Waals surface area contributed by atoms with Crippen LogP contribution in [0, 0.1) is 57.7 Å². The van der Waals surface area contributed by atoms with Gasteiger partial charge in [-0.1, -0.05) is 55.0 Å². The number of hydrogen-bond acceptors (Lipinski definition) is 8. The molecule has 0 bridgehead atoms. The van der Waals surface area contributed by atoms with E-state index in [9.17, 15) is 29.7 Å². The molecule has 2 fully saturated rings. The van der Waals surface area contributed by atoms with Crippen LogP contribution in [0.1, 0.15) is 49.3 Å². The molecule has 1 unspecified atom stereocenters. The van der Waals surface area contributed by atoms with Crippen LogP contribution in [-0.4, -0.2) is 49.4 Å². The molecular formula is C35H35N3O6. The number of carbonyl (C=O) groups excluding carboxylic acids is 4. The Morgan fingerprint density at radius 3 is 2.25 bits per heavy atom. The molecule has 9 nitrogen and oxygen atoms in total. The Morgan fingerprint density at radius 2 is 1.66 bits per heavy atom. The van der Waals surface area contributed by atoms with E-state index in [1.165, 1.54) is 14.2 Å². The van der Waals surface area contributed by atoms with Crippen LogP contribution in [0.4, 0.5) is 0 Å². The van der Waals surface area contributed by atoms with Gasteiger partial charge in [-0.15, -0.1) is 0 Å². The van der Waals surface area contributed by atoms with Crippen LogP contribution in [0.15, 0.2) is 65.7 Å². The fourth-order valence-corrected chi connectivity index (χ4v) is 7.99. The van der Waals surface area contributed by atoms with Gasteiger partial charge in [0.05, 0.1) is 43.3 Å². The summed E-state index contributed by atoms with van der Waals surface area (Å²) in [4.78, 5) is 56.4. The second-order valence-corrected chi connectivity index (χ2v) is 11.9. The molecule has 44 heavy (non-hydrogen) atoms. The summed E-state index contributed by atoms with van der Waals surface area (Å²) in [6.07, 6.45) is 1.10. The fourth-order valence-electron chi connectivity index (χ4n) is 7.99. The van der Waals surface area contributed by atoms with E-state index in [0.717, 1.165) is 10.5 Å². The van der Waals surface area contributed by atoms with Gasteiger partial charge < -0.3 is 9.47 Å². The van der Waals surface area contributed by atoms with Gasteiger partial charge in [0, 0.05) is 24.5 Å². The Hall–Kier alpha value is -4.76. The summed E-state index contributed by atoms with van der Waals surface area (Å²) in [6, 6.07) is 20.8. The molecule has 2 aliphatic carbocycles. The molecule has 9 heteroatoms. The maximum absolute atomic E-state index is 13.9. The number of ether oxygens (including phenoxy) is 2. The molecule has 3 aliphatic rings. The Bertz CT molecular complexity index is 1600. The molecule has 2 amide bonds. The minimum absolute atomic E-state index is 0.105. The first-order valence-electron chi connectivity index (χ1n) is 14.9. The van der Waals surface area contributed by atoms with Gasteiger partial charge in [-0.3, -0.25) is 19.3 Å². The molecule has 1 saturated carbocycles. The fraction of sp³-hybridized carbons (Fsp3) is 0.429. The van der Waals surface area contributed by atoms with Crippen LogP contribution in [0.25, 0.3) is 0 Å². The van der Waals surface area contributed by atoms with Crippen molar-refractivity contribution in [3.8, 4) is 12.1 Å². The molecule has 0 radical (unpaired) electrons. The lowest BCUT2D eigenvalue weighted by Crippen LogP contribution is -2.55. The first kappa shape index (κ1) is 30.7. The molecule has 1 aliphatic heterocycles. The van der Waals surface area contributed by atoms with Crippen molar-refractivity contribution in [2.75, 3.05) is 20.8 Å². The van der Waals surface area contributed by atoms with Crippen LogP contribution in [0.3, 0.4) is 0 Å². The average Bonchev–Trinajstić information content (AvgIpc) is 3.27. The van der Waals surface area contributed by atoms with Gasteiger partial charge >= 0.3 is 11.9 Å². The standard InChI is InChI=1S/C35H35N3O6/c1-5-44-33(41)28-24(16-13-21-9-7-6-8-10-21)29-30(32(40)38(3)31(29)39)27-20(2)35(19-37,34(42)43-4)26(17-25(27)28)23-14-11-22(18-36)12-15-23/h6-12,14-15,20,24,26-27,29-30H,5,13,16-17H2,1-4H3/t20?,24-,26-,27+,29-,30+,35+/m0/s1. The number of fused-ring (bicyclic) bond motifs is 3. The van der Waals surface area contributed by atoms with Crippen molar-refractivity contribution in [2.24, 2.45) is 35.0 Å². The summed E-state index contributed by atoms with van der Waals surface area (Å²) >= 11 is 0. The normalized spacial score (nSPS) is 29.3. The summed E-state index contributed by atoms with van der Waals surface area (Å²) in [6.45, 7) is 3.57. The van der Waals surface area contributed by atoms with Crippen molar-refractivity contribution in [1.82, 2.24) is 4.90 Å². The third-order valence-electron chi connectivity index (χ3n) is 10.0. The molecule has 2 aromatic carbocycles. The number of carbonyl (C=O) groups is 4. The Balaban J connectivity index is 1.76. The van der Waals surface area contributed by atoms with Crippen molar-refractivity contribution in [2.45, 2.75) is 39.0 Å². The van der Waals surface area contributed by atoms with Crippen molar-refractivity contribution < 1.29 is 28.7 Å². The molecule has 0 aromatic heterocycles. The van der Waals surface area contributed by atoms with E-state index in [4.69, 9.17) is 9.47 Å². The zero-order valence-corrected chi connectivity index (χ0v) is 25.3. The van der Waals surface area contributed by atoms with Gasteiger partial charge in [-0.25, -0.2) is 4.79 Å². The first-order chi connectivity index (χ1) is 21.2. The lowest BCUT2D eigenvalue weighted by Gasteiger charge is -2.52. The first-order valence-corrected chi connectivity index (χ1v) is 14.9. The van der Waals surface area contributed by atoms with Gasteiger partial charge in [0.1, 0.15) is 0 Å². The predicted molar refractivity (Wildman–Crippen MR) is 158 cm³/mol. The van der Waals surface area contributed by atoms with Crippen LogP contribution < -0.4 is 0 Å². The number of allylic oxidation sites excluding steroid dienone is 1. The summed E-state index contributed by atoms with van der Waals surface area (Å²) in [5.74, 6) is -6.65. The van der Waals surface area contributed by atoms with Gasteiger partial charge in [0.2, 0.25) is 11.8 Å². The van der Waals surface area contributed by atoms with E-state index in [1.807, 2.05) is 30.3 Å². The van der Waals surface area contributed by atoms with E-state index >= 15 is 0 Å². The van der Waals surface area contributed by atoms with Crippen LogP contribution in [0.2, 0.25) is 0 Å². The highest BCUT2D eigenvalue weighted by atomic mass is 16.5. The second kappa shape index (κ2) is 12.1. The summed E-state index contributed by atoms with van der Waals surface area (Å²) < 4.78 is 10.9. The zero-order chi connectivity index (χ0) is 31.8. The van der Waals surface area contributed by atoms with Crippen molar-refractivity contribution in [1.29, 1.82) is 10.5 Å². The molecular weight excluding hydrogens is 558 g/mol. The Labute approximate surface area is 257 Å². The highest BCUT2D eigenvalue weighted by Crippen LogP contribution is 2.63. The van der Waals surface area contributed by atoms with E-state index in [0.29, 0.717) is 35.1 Å². The number of aryl methyl sites for hydroxylation is 1. The third-order valence-corrected chi connectivity index (χ3v) is 10.0. The SMILES string of the molecule is CCOC(=O)C1=C2C[C@@H](c3ccc(C#N)cc3)[C@](C#N)(C(=O)OC)C(C)[C@H]2[C@H]2C(=O)N(C)C(=O)[C@H]2[C@H]1CCc1ccccc1. The number of hydrogen-bond donors (Lipinski definition) is 0. The van der Waals surface area contributed by atoms with Crippen molar-refractivity contribution in [3.63, 3.8) is 0 Å². The number of methoxy groups -OCH3 is 1. The molecule has 226 valence electrons. The lowest BCUT2D eigenvalue weighted by molar-refractivity contribution is -0.158. The molecule has 7 atom stereocenters. The summed E-state index contributed by atoms with van der Waals surface area (Å²) in [5.41, 5.74) is 1.37. The summed E-state index contributed by atoms with van der Waals surface area (Å²) in [7, 11) is 2.67. The molecule has 1 heterocycles. The predicted octanol–water partition coefficient (Wildman–Crippen LogP) is 4.33. The van der Waals surface area contributed by atoms with Crippen molar-refractivity contribution >= 4 is 23.8 Å². The molecule has 0 spiro atoms. The van der Waals surface area contributed by atoms with Crippen LogP contribution in [-0.2, 0) is 35.1 Å². The van der Waals surface area contributed by atoms with E-state index in [1.54, 1.807) is 38.1 Å². The van der Waals surface area contributed by atoms with E-state index in [-0.39, 0.29) is 24.8 Å². The Kier molecular flexibility index (Phi) is 8.43. The zero-order valence-electron chi connectivity index (χ0n) is 25.3. The number of likely N-dealkylation sites (tertiary alicyclic amines) is 1. The molecule has 5 rings (SSSR count). The molecule has 0 N–H and O–H groups in total. The third kappa shape index (κ3) is 4.68. The van der Waals surface area contributed by atoms with Crippen molar-refractivity contribution in [3.05, 3.63) is 82.4 Å². The number of amides is 2. The number of imide groups is 1. The quantitative estimate of drug-likeness (QED) is 0.342. The molecule has 2 aromatic rings. The lowest BCUT2D eigenvalue weighted by atomic mass is 9.48. The molecule has 1 saturated heterocycles. The van der Waals surface area contributed by atoms with E-state index < -0.39 is 52.9 Å². The summed E-state index contributed by atoms with van der Waals surface area (Å²) in [5, 5.41) is 20.2. The monoisotopic (exact) mass is 593 g/mol. The van der Waals surface area contributed by atoms with E-state index in [2.05, 4.69) is 12.1 Å². The Morgan fingerprint density at radius 1 is 1.00 bits per heavy atom. The van der Waals surface area contributed by atoms with Crippen LogP contribution in [0.5, 0.6) is 0 Å². The van der Waals surface area contributed by atoms with Gasteiger partial charge in [-0.05, 0) is 61.3 Å². The maximum atomic E-state index is 13.9. The largest absolute Gasteiger partial charge is 0.468 e. The number of nitriles is 2. The van der Waals surface area contributed by atoms with Gasteiger partial charge in [0.15, 0.2) is 5.41 Å². The number of benzene rings is 2. The van der Waals surface area contributed by atoms with Gasteiger partial charge in [-0.2, -0.15) is 10.5 Å². The highest BCUT2D eigenvalue weighted by Gasteiger charge is 2.67. The number of nitrogens with zero attached hydrogens (tertiary/aromatic N) is 3. The average molecular weight is 594 g/mol. The smallest absolute Gasteiger partial charge is 0.334 e. The highest BCUT2D eigenvalue weighted by molar-refractivity contribution is 6.07. The van der Waals surface area contributed by atoms with Crippen LogP contribution >= 0.6 is 0 Å². The number of esters is 2. The van der Waals surface area contributed by atoms with Gasteiger partial charge in [0.25, 0.3) is 0 Å². The second-order valence-electron chi connectivity index (χ2n) is 11.9.